The fourth-order valence-electron chi connectivity index (χ4n) is 3.14. The SMILES string of the molecule is O=C(O)C1CCC(C(=O)NC2CCC(O)CC2)CC1. The number of amides is 1. The minimum Gasteiger partial charge on any atom is -0.481 e. The molecule has 2 aliphatic carbocycles. The van der Waals surface area contributed by atoms with Crippen LogP contribution in [0.5, 0.6) is 0 Å². The van der Waals surface area contributed by atoms with E-state index >= 15 is 0 Å². The third-order valence-electron chi connectivity index (χ3n) is 4.49. The summed E-state index contributed by atoms with van der Waals surface area (Å²) in [6.07, 6.45) is 5.57. The lowest BCUT2D eigenvalue weighted by Crippen LogP contribution is -2.42. The van der Waals surface area contributed by atoms with Gasteiger partial charge in [0.25, 0.3) is 0 Å². The van der Waals surface area contributed by atoms with Crippen molar-refractivity contribution in [2.45, 2.75) is 63.5 Å². The van der Waals surface area contributed by atoms with Crippen molar-refractivity contribution in [1.82, 2.24) is 5.32 Å². The first kappa shape index (κ1) is 14.3. The lowest BCUT2D eigenvalue weighted by Gasteiger charge is -2.30. The van der Waals surface area contributed by atoms with Crippen molar-refractivity contribution < 1.29 is 19.8 Å². The highest BCUT2D eigenvalue weighted by Gasteiger charge is 2.31. The fourth-order valence-corrected chi connectivity index (χ4v) is 3.14. The number of carbonyl (C=O) groups is 2. The van der Waals surface area contributed by atoms with E-state index in [9.17, 15) is 14.7 Å². The highest BCUT2D eigenvalue weighted by Crippen LogP contribution is 2.29. The van der Waals surface area contributed by atoms with E-state index in [4.69, 9.17) is 5.11 Å². The quantitative estimate of drug-likeness (QED) is 0.720. The second-order valence-electron chi connectivity index (χ2n) is 5.90. The Morgan fingerprint density at radius 3 is 1.89 bits per heavy atom. The van der Waals surface area contributed by atoms with Crippen molar-refractivity contribution in [3.8, 4) is 0 Å². The Bertz CT molecular complexity index is 328. The molecule has 0 aromatic carbocycles. The standard InChI is InChI=1S/C14H23NO4/c16-12-7-5-11(6-8-12)15-13(17)9-1-3-10(4-2-9)14(18)19/h9-12,16H,1-8H2,(H,15,17)(H,18,19). The van der Waals surface area contributed by atoms with Gasteiger partial charge in [-0.1, -0.05) is 0 Å². The molecule has 108 valence electrons. The molecule has 0 aliphatic heterocycles. The molecule has 3 N–H and O–H groups in total. The van der Waals surface area contributed by atoms with Gasteiger partial charge in [-0.2, -0.15) is 0 Å². The van der Waals surface area contributed by atoms with E-state index in [1.807, 2.05) is 0 Å². The Hall–Kier alpha value is -1.10. The van der Waals surface area contributed by atoms with Gasteiger partial charge in [0.15, 0.2) is 0 Å². The lowest BCUT2D eigenvalue weighted by molar-refractivity contribution is -0.144. The number of carboxylic acid groups (broad SMARTS) is 1. The molecule has 5 heteroatoms. The molecule has 0 heterocycles. The summed E-state index contributed by atoms with van der Waals surface area (Å²) in [6.45, 7) is 0. The highest BCUT2D eigenvalue weighted by atomic mass is 16.4. The number of aliphatic carboxylic acids is 1. The fraction of sp³-hybridized carbons (Fsp3) is 0.857. The zero-order chi connectivity index (χ0) is 13.8. The van der Waals surface area contributed by atoms with Gasteiger partial charge in [0.05, 0.1) is 12.0 Å². The summed E-state index contributed by atoms with van der Waals surface area (Å²) in [7, 11) is 0. The molecule has 0 bridgehead atoms. The number of carbonyl (C=O) groups excluding carboxylic acids is 1. The molecule has 0 radical (unpaired) electrons. The predicted octanol–water partition coefficient (Wildman–Crippen LogP) is 1.30. The largest absolute Gasteiger partial charge is 0.481 e. The first-order chi connectivity index (χ1) is 9.06. The van der Waals surface area contributed by atoms with Gasteiger partial charge in [0.1, 0.15) is 0 Å². The summed E-state index contributed by atoms with van der Waals surface area (Å²) in [5.41, 5.74) is 0. The average Bonchev–Trinajstić information content (AvgIpc) is 2.41. The number of rotatable bonds is 3. The van der Waals surface area contributed by atoms with Crippen LogP contribution in [0.25, 0.3) is 0 Å². The minimum absolute atomic E-state index is 0.0255. The van der Waals surface area contributed by atoms with E-state index in [0.717, 1.165) is 25.7 Å². The lowest BCUT2D eigenvalue weighted by atomic mass is 9.81. The van der Waals surface area contributed by atoms with Crippen LogP contribution in [0.2, 0.25) is 0 Å². The Balaban J connectivity index is 1.74. The van der Waals surface area contributed by atoms with Crippen molar-refractivity contribution in [2.24, 2.45) is 11.8 Å². The van der Waals surface area contributed by atoms with Crippen LogP contribution in [0, 0.1) is 11.8 Å². The maximum absolute atomic E-state index is 12.1. The summed E-state index contributed by atoms with van der Waals surface area (Å²) in [5, 5.41) is 21.4. The first-order valence-corrected chi connectivity index (χ1v) is 7.27. The maximum Gasteiger partial charge on any atom is 0.306 e. The van der Waals surface area contributed by atoms with Crippen molar-refractivity contribution in [2.75, 3.05) is 0 Å². The third-order valence-corrected chi connectivity index (χ3v) is 4.49. The first-order valence-electron chi connectivity index (χ1n) is 7.27. The van der Waals surface area contributed by atoms with Gasteiger partial charge < -0.3 is 15.5 Å². The topological polar surface area (TPSA) is 86.6 Å². The van der Waals surface area contributed by atoms with E-state index in [-0.39, 0.29) is 29.9 Å². The van der Waals surface area contributed by atoms with E-state index in [1.165, 1.54) is 0 Å². The van der Waals surface area contributed by atoms with Gasteiger partial charge in [0.2, 0.25) is 5.91 Å². The molecule has 0 saturated heterocycles. The normalized spacial score (nSPS) is 35.6. The molecule has 0 atom stereocenters. The van der Waals surface area contributed by atoms with Crippen molar-refractivity contribution in [3.63, 3.8) is 0 Å². The molecule has 2 aliphatic rings. The number of carboxylic acids is 1. The number of hydrogen-bond acceptors (Lipinski definition) is 3. The molecule has 0 aromatic rings. The maximum atomic E-state index is 12.1. The Morgan fingerprint density at radius 1 is 0.842 bits per heavy atom. The minimum atomic E-state index is -0.736. The van der Waals surface area contributed by atoms with Gasteiger partial charge in [0, 0.05) is 12.0 Å². The summed E-state index contributed by atoms with van der Waals surface area (Å²) in [5.74, 6) is -0.957. The van der Waals surface area contributed by atoms with Crippen LogP contribution >= 0.6 is 0 Å². The van der Waals surface area contributed by atoms with Gasteiger partial charge in [-0.25, -0.2) is 0 Å². The van der Waals surface area contributed by atoms with Crippen LogP contribution in [0.3, 0.4) is 0 Å². The Kier molecular flexibility index (Phi) is 4.80. The number of hydrogen-bond donors (Lipinski definition) is 3. The molecular formula is C14H23NO4. The van der Waals surface area contributed by atoms with Crippen LogP contribution < -0.4 is 5.32 Å². The van der Waals surface area contributed by atoms with Crippen molar-refractivity contribution in [3.05, 3.63) is 0 Å². The van der Waals surface area contributed by atoms with E-state index in [1.54, 1.807) is 0 Å². The molecular weight excluding hydrogens is 246 g/mol. The summed E-state index contributed by atoms with van der Waals surface area (Å²) in [4.78, 5) is 23.0. The molecule has 5 nitrogen and oxygen atoms in total. The molecule has 2 saturated carbocycles. The number of aliphatic hydroxyl groups excluding tert-OH is 1. The van der Waals surface area contributed by atoms with E-state index in [0.29, 0.717) is 25.7 Å². The van der Waals surface area contributed by atoms with Gasteiger partial charge in [-0.3, -0.25) is 9.59 Å². The zero-order valence-corrected chi connectivity index (χ0v) is 11.2. The predicted molar refractivity (Wildman–Crippen MR) is 69.5 cm³/mol. The molecule has 0 aromatic heterocycles. The van der Waals surface area contributed by atoms with Crippen LogP contribution in [0.15, 0.2) is 0 Å². The summed E-state index contributed by atoms with van der Waals surface area (Å²) >= 11 is 0. The second-order valence-corrected chi connectivity index (χ2v) is 5.90. The van der Waals surface area contributed by atoms with E-state index in [2.05, 4.69) is 5.32 Å². The van der Waals surface area contributed by atoms with Crippen LogP contribution in [0.4, 0.5) is 0 Å². The molecule has 2 rings (SSSR count). The summed E-state index contributed by atoms with van der Waals surface area (Å²) in [6, 6.07) is 0.188. The highest BCUT2D eigenvalue weighted by molar-refractivity contribution is 5.79. The molecule has 0 spiro atoms. The van der Waals surface area contributed by atoms with Crippen LogP contribution in [-0.2, 0) is 9.59 Å². The Morgan fingerprint density at radius 2 is 1.37 bits per heavy atom. The van der Waals surface area contributed by atoms with Crippen LogP contribution in [0.1, 0.15) is 51.4 Å². The molecule has 19 heavy (non-hydrogen) atoms. The zero-order valence-electron chi connectivity index (χ0n) is 11.2. The monoisotopic (exact) mass is 269 g/mol. The Labute approximate surface area is 113 Å². The summed E-state index contributed by atoms with van der Waals surface area (Å²) < 4.78 is 0. The average molecular weight is 269 g/mol. The molecule has 2 fully saturated rings. The van der Waals surface area contributed by atoms with Crippen molar-refractivity contribution in [1.29, 1.82) is 0 Å². The number of nitrogens with one attached hydrogen (secondary N) is 1. The van der Waals surface area contributed by atoms with Crippen molar-refractivity contribution >= 4 is 11.9 Å². The second kappa shape index (κ2) is 6.37. The van der Waals surface area contributed by atoms with Gasteiger partial charge in [-0.15, -0.1) is 0 Å². The molecule has 1 amide bonds. The smallest absolute Gasteiger partial charge is 0.306 e. The van der Waals surface area contributed by atoms with Gasteiger partial charge in [-0.05, 0) is 51.4 Å². The van der Waals surface area contributed by atoms with Gasteiger partial charge >= 0.3 is 5.97 Å². The number of aliphatic hydroxyl groups is 1. The third kappa shape index (κ3) is 3.93. The molecule has 0 unspecified atom stereocenters. The van der Waals surface area contributed by atoms with Crippen LogP contribution in [-0.4, -0.2) is 34.2 Å². The van der Waals surface area contributed by atoms with E-state index < -0.39 is 5.97 Å².